The maximum atomic E-state index is 12.8. The molecule has 2 aromatic rings. The molecule has 1 fully saturated rings. The Balaban J connectivity index is 1.52. The number of nitrogens with zero attached hydrogens (tertiary/aromatic N) is 1. The van der Waals surface area contributed by atoms with Gasteiger partial charge in [0.2, 0.25) is 5.91 Å². The van der Waals surface area contributed by atoms with Gasteiger partial charge in [0.1, 0.15) is 6.04 Å². The van der Waals surface area contributed by atoms with Crippen LogP contribution in [0.4, 0.5) is 0 Å². The number of carbonyl (C=O) groups excluding carboxylic acids is 2. The number of piperidine rings is 1. The summed E-state index contributed by atoms with van der Waals surface area (Å²) in [5, 5.41) is 7.79. The Morgan fingerprint density at radius 2 is 1.82 bits per heavy atom. The van der Waals surface area contributed by atoms with Crippen LogP contribution in [0.1, 0.15) is 40.9 Å². The molecule has 0 radical (unpaired) electrons. The number of amides is 2. The largest absolute Gasteiger partial charge is 0.354 e. The molecule has 2 amide bonds. The molecule has 1 aromatic heterocycles. The van der Waals surface area contributed by atoms with Crippen molar-refractivity contribution in [3.05, 3.63) is 58.3 Å². The summed E-state index contributed by atoms with van der Waals surface area (Å²) < 4.78 is 0. The summed E-state index contributed by atoms with van der Waals surface area (Å²) >= 11 is 1.38. The Morgan fingerprint density at radius 1 is 1.04 bits per heavy atom. The molecule has 0 bridgehead atoms. The molecule has 5 nitrogen and oxygen atoms in total. The van der Waals surface area contributed by atoms with Crippen LogP contribution in [0.15, 0.2) is 47.8 Å². The molecule has 1 aliphatic heterocycles. The third kappa shape index (κ3) is 6.46. The molecule has 0 saturated carbocycles. The smallest absolute Gasteiger partial charge is 0.262 e. The molecule has 0 spiro atoms. The molecule has 1 unspecified atom stereocenters. The first-order chi connectivity index (χ1) is 13.7. The zero-order valence-corrected chi connectivity index (χ0v) is 17.0. The van der Waals surface area contributed by atoms with Crippen LogP contribution in [0.5, 0.6) is 0 Å². The van der Waals surface area contributed by atoms with E-state index >= 15 is 0 Å². The highest BCUT2D eigenvalue weighted by atomic mass is 32.1. The van der Waals surface area contributed by atoms with Gasteiger partial charge in [0.25, 0.3) is 5.91 Å². The number of hydrogen-bond donors (Lipinski definition) is 2. The molecule has 1 aromatic carbocycles. The van der Waals surface area contributed by atoms with Crippen molar-refractivity contribution in [3.63, 3.8) is 0 Å². The van der Waals surface area contributed by atoms with Crippen LogP contribution in [-0.4, -0.2) is 48.9 Å². The minimum absolute atomic E-state index is 0.118. The molecule has 2 N–H and O–H groups in total. The highest BCUT2D eigenvalue weighted by Crippen LogP contribution is 2.11. The van der Waals surface area contributed by atoms with Gasteiger partial charge in [-0.3, -0.25) is 9.59 Å². The Morgan fingerprint density at radius 3 is 2.54 bits per heavy atom. The second kappa shape index (κ2) is 11.0. The number of benzene rings is 1. The summed E-state index contributed by atoms with van der Waals surface area (Å²) in [6.07, 6.45) is 5.30. The van der Waals surface area contributed by atoms with Gasteiger partial charge in [0.15, 0.2) is 0 Å². The lowest BCUT2D eigenvalue weighted by Crippen LogP contribution is -2.48. The van der Waals surface area contributed by atoms with E-state index in [-0.39, 0.29) is 11.8 Å². The minimum Gasteiger partial charge on any atom is -0.354 e. The van der Waals surface area contributed by atoms with E-state index in [4.69, 9.17) is 0 Å². The Hall–Kier alpha value is -2.18. The molecular formula is C22H29N3O2S. The van der Waals surface area contributed by atoms with E-state index in [1.165, 1.54) is 43.7 Å². The fourth-order valence-corrected chi connectivity index (χ4v) is 4.14. The van der Waals surface area contributed by atoms with Crippen LogP contribution in [0.2, 0.25) is 0 Å². The summed E-state index contributed by atoms with van der Waals surface area (Å²) in [6, 6.07) is 12.8. The van der Waals surface area contributed by atoms with Gasteiger partial charge >= 0.3 is 0 Å². The fourth-order valence-electron chi connectivity index (χ4n) is 3.52. The molecule has 3 rings (SSSR count). The van der Waals surface area contributed by atoms with Crippen LogP contribution < -0.4 is 10.6 Å². The number of carbonyl (C=O) groups is 2. The van der Waals surface area contributed by atoms with Gasteiger partial charge in [0, 0.05) is 13.0 Å². The summed E-state index contributed by atoms with van der Waals surface area (Å²) in [5.74, 6) is -0.313. The van der Waals surface area contributed by atoms with Crippen molar-refractivity contribution in [1.82, 2.24) is 15.5 Å². The molecule has 6 heteroatoms. The predicted octanol–water partition coefficient (Wildman–Crippen LogP) is 3.08. The molecule has 28 heavy (non-hydrogen) atoms. The lowest BCUT2D eigenvalue weighted by molar-refractivity contribution is -0.122. The van der Waals surface area contributed by atoms with Gasteiger partial charge < -0.3 is 15.5 Å². The molecule has 1 aliphatic rings. The second-order valence-corrected chi connectivity index (χ2v) is 8.19. The Labute approximate surface area is 171 Å². The monoisotopic (exact) mass is 399 g/mol. The second-order valence-electron chi connectivity index (χ2n) is 7.24. The number of rotatable bonds is 9. The molecule has 1 saturated heterocycles. The number of thiophene rings is 1. The van der Waals surface area contributed by atoms with Crippen molar-refractivity contribution in [2.75, 3.05) is 26.2 Å². The number of likely N-dealkylation sites (tertiary alicyclic amines) is 1. The van der Waals surface area contributed by atoms with Crippen LogP contribution in [0.3, 0.4) is 0 Å². The van der Waals surface area contributed by atoms with E-state index in [1.54, 1.807) is 6.07 Å². The van der Waals surface area contributed by atoms with Crippen molar-refractivity contribution in [3.8, 4) is 0 Å². The van der Waals surface area contributed by atoms with Gasteiger partial charge in [-0.15, -0.1) is 11.3 Å². The van der Waals surface area contributed by atoms with Crippen molar-refractivity contribution < 1.29 is 9.59 Å². The third-order valence-corrected chi connectivity index (χ3v) is 5.92. The average molecular weight is 400 g/mol. The topological polar surface area (TPSA) is 61.4 Å². The standard InChI is InChI=1S/C22H29N3O2S/c26-21(23-12-8-15-25-13-5-2-6-14-25)19(17-18-9-3-1-4-10-18)24-22(27)20-11-7-16-28-20/h1,3-4,7,9-11,16,19H,2,5-6,8,12-15,17H2,(H,23,26)(H,24,27). The van der Waals surface area contributed by atoms with Gasteiger partial charge in [0.05, 0.1) is 4.88 Å². The predicted molar refractivity (Wildman–Crippen MR) is 114 cm³/mol. The number of nitrogens with one attached hydrogen (secondary N) is 2. The molecule has 2 heterocycles. The highest BCUT2D eigenvalue weighted by Gasteiger charge is 2.22. The summed E-state index contributed by atoms with van der Waals surface area (Å²) in [4.78, 5) is 28.3. The van der Waals surface area contributed by atoms with E-state index in [0.29, 0.717) is 17.8 Å². The maximum Gasteiger partial charge on any atom is 0.262 e. The maximum absolute atomic E-state index is 12.8. The van der Waals surface area contributed by atoms with E-state index < -0.39 is 6.04 Å². The minimum atomic E-state index is -0.577. The van der Waals surface area contributed by atoms with Gasteiger partial charge in [-0.05, 0) is 55.9 Å². The molecule has 150 valence electrons. The lowest BCUT2D eigenvalue weighted by Gasteiger charge is -2.26. The first-order valence-electron chi connectivity index (χ1n) is 10.1. The normalized spacial score (nSPS) is 15.7. The SMILES string of the molecule is O=C(NC(Cc1ccccc1)C(=O)NCCCN1CCCCC1)c1cccs1. The third-order valence-electron chi connectivity index (χ3n) is 5.05. The first kappa shape index (κ1) is 20.6. The lowest BCUT2D eigenvalue weighted by atomic mass is 10.0. The first-order valence-corrected chi connectivity index (χ1v) is 11.0. The van der Waals surface area contributed by atoms with Gasteiger partial charge in [-0.25, -0.2) is 0 Å². The van der Waals surface area contributed by atoms with Crippen LogP contribution in [0, 0.1) is 0 Å². The highest BCUT2D eigenvalue weighted by molar-refractivity contribution is 7.12. The van der Waals surface area contributed by atoms with Gasteiger partial charge in [-0.1, -0.05) is 42.8 Å². The average Bonchev–Trinajstić information content (AvgIpc) is 3.27. The van der Waals surface area contributed by atoms with Crippen LogP contribution in [0.25, 0.3) is 0 Å². The van der Waals surface area contributed by atoms with Crippen molar-refractivity contribution >= 4 is 23.2 Å². The summed E-state index contributed by atoms with van der Waals surface area (Å²) in [5.41, 5.74) is 1.03. The van der Waals surface area contributed by atoms with Crippen molar-refractivity contribution in [1.29, 1.82) is 0 Å². The zero-order valence-electron chi connectivity index (χ0n) is 16.2. The van der Waals surface area contributed by atoms with Crippen LogP contribution in [-0.2, 0) is 11.2 Å². The van der Waals surface area contributed by atoms with E-state index in [0.717, 1.165) is 18.5 Å². The van der Waals surface area contributed by atoms with Crippen LogP contribution >= 0.6 is 11.3 Å². The fraction of sp³-hybridized carbons (Fsp3) is 0.455. The van der Waals surface area contributed by atoms with E-state index in [2.05, 4.69) is 15.5 Å². The van der Waals surface area contributed by atoms with Crippen molar-refractivity contribution in [2.45, 2.75) is 38.1 Å². The van der Waals surface area contributed by atoms with Crippen molar-refractivity contribution in [2.24, 2.45) is 0 Å². The quantitative estimate of drug-likeness (QED) is 0.637. The molecular weight excluding hydrogens is 370 g/mol. The van der Waals surface area contributed by atoms with E-state index in [9.17, 15) is 9.59 Å². The summed E-state index contributed by atoms with van der Waals surface area (Å²) in [7, 11) is 0. The molecule has 0 aliphatic carbocycles. The van der Waals surface area contributed by atoms with E-state index in [1.807, 2.05) is 41.8 Å². The Bertz CT molecular complexity index is 728. The molecule has 1 atom stereocenters. The summed E-state index contributed by atoms with van der Waals surface area (Å²) in [6.45, 7) is 3.99. The van der Waals surface area contributed by atoms with Gasteiger partial charge in [-0.2, -0.15) is 0 Å². The zero-order chi connectivity index (χ0) is 19.6. The Kier molecular flexibility index (Phi) is 8.06. The number of hydrogen-bond acceptors (Lipinski definition) is 4.